The van der Waals surface area contributed by atoms with Crippen molar-refractivity contribution in [2.75, 3.05) is 20.3 Å². The molecule has 72 valence electrons. The number of methoxy groups -OCH3 is 1. The molecule has 0 aromatic carbocycles. The molecule has 0 fully saturated rings. The number of thiazole rings is 1. The summed E-state index contributed by atoms with van der Waals surface area (Å²) >= 11 is 1.00. The predicted molar refractivity (Wildman–Crippen MR) is 46.4 cm³/mol. The number of ether oxygens (including phenoxy) is 2. The molecule has 0 aliphatic heterocycles. The first-order valence-corrected chi connectivity index (χ1v) is 4.36. The molecule has 0 bridgehead atoms. The normalized spacial score (nSPS) is 9.92. The maximum absolute atomic E-state index is 10.4. The Hall–Kier alpha value is -1.14. The van der Waals surface area contributed by atoms with Crippen LogP contribution in [0.3, 0.4) is 0 Å². The quantitative estimate of drug-likeness (QED) is 0.719. The van der Waals surface area contributed by atoms with E-state index in [1.807, 2.05) is 0 Å². The summed E-state index contributed by atoms with van der Waals surface area (Å²) in [6.45, 7) is 0.838. The zero-order valence-corrected chi connectivity index (χ0v) is 7.84. The van der Waals surface area contributed by atoms with Gasteiger partial charge in [-0.3, -0.25) is 0 Å². The summed E-state index contributed by atoms with van der Waals surface area (Å²) in [5, 5.41) is 8.92. The molecule has 5 nitrogen and oxygen atoms in total. The maximum atomic E-state index is 10.4. The number of hydrogen-bond acceptors (Lipinski definition) is 5. The van der Waals surface area contributed by atoms with Crippen LogP contribution in [0.1, 0.15) is 9.67 Å². The molecule has 0 unspecified atom stereocenters. The zero-order chi connectivity index (χ0) is 9.68. The standard InChI is InChI=1S/C7H9NO4S/c1-11-2-3-12-7-8-4-5(13-7)6(9)10/h4H,2-3H2,1H3,(H,9,10). The lowest BCUT2D eigenvalue weighted by Crippen LogP contribution is -2.03. The third-order valence-electron chi connectivity index (χ3n) is 1.21. The van der Waals surface area contributed by atoms with Crippen molar-refractivity contribution in [2.45, 2.75) is 0 Å². The fraction of sp³-hybridized carbons (Fsp3) is 0.429. The number of aromatic carboxylic acids is 1. The lowest BCUT2D eigenvalue weighted by molar-refractivity contribution is 0.0702. The summed E-state index contributed by atoms with van der Waals surface area (Å²) in [7, 11) is 1.56. The lowest BCUT2D eigenvalue weighted by Gasteiger charge is -1.98. The highest BCUT2D eigenvalue weighted by Crippen LogP contribution is 2.19. The van der Waals surface area contributed by atoms with Gasteiger partial charge in [-0.2, -0.15) is 0 Å². The van der Waals surface area contributed by atoms with E-state index < -0.39 is 5.97 Å². The molecule has 0 atom stereocenters. The van der Waals surface area contributed by atoms with Crippen LogP contribution >= 0.6 is 11.3 Å². The van der Waals surface area contributed by atoms with E-state index in [0.29, 0.717) is 18.4 Å². The minimum Gasteiger partial charge on any atom is -0.477 e. The van der Waals surface area contributed by atoms with Gasteiger partial charge in [0.15, 0.2) is 0 Å². The Balaban J connectivity index is 2.44. The van der Waals surface area contributed by atoms with Gasteiger partial charge < -0.3 is 14.6 Å². The van der Waals surface area contributed by atoms with E-state index in [1.165, 1.54) is 6.20 Å². The second-order valence-corrected chi connectivity index (χ2v) is 3.13. The third kappa shape index (κ3) is 3.00. The van der Waals surface area contributed by atoms with Gasteiger partial charge in [0.1, 0.15) is 11.5 Å². The van der Waals surface area contributed by atoms with Crippen molar-refractivity contribution in [3.8, 4) is 5.19 Å². The van der Waals surface area contributed by atoms with E-state index in [1.54, 1.807) is 7.11 Å². The van der Waals surface area contributed by atoms with Crippen LogP contribution in [0.2, 0.25) is 0 Å². The molecule has 0 saturated carbocycles. The first-order valence-electron chi connectivity index (χ1n) is 3.55. The Morgan fingerprint density at radius 3 is 3.00 bits per heavy atom. The van der Waals surface area contributed by atoms with Crippen LogP contribution in [0, 0.1) is 0 Å². The molecule has 0 aliphatic carbocycles. The molecule has 6 heteroatoms. The van der Waals surface area contributed by atoms with Gasteiger partial charge in [-0.25, -0.2) is 9.78 Å². The molecule has 1 N–H and O–H groups in total. The average molecular weight is 203 g/mol. The molecule has 0 saturated heterocycles. The number of rotatable bonds is 5. The van der Waals surface area contributed by atoms with Crippen molar-refractivity contribution in [1.29, 1.82) is 0 Å². The predicted octanol–water partition coefficient (Wildman–Crippen LogP) is 0.867. The SMILES string of the molecule is COCCOc1ncc(C(=O)O)s1. The first kappa shape index (κ1) is 9.94. The summed E-state index contributed by atoms with van der Waals surface area (Å²) in [6.07, 6.45) is 1.27. The van der Waals surface area contributed by atoms with Gasteiger partial charge >= 0.3 is 5.97 Å². The Labute approximate surface area is 78.9 Å². The molecule has 1 rings (SSSR count). The fourth-order valence-electron chi connectivity index (χ4n) is 0.636. The molecule has 0 amide bonds. The fourth-order valence-corrected chi connectivity index (χ4v) is 1.26. The smallest absolute Gasteiger partial charge is 0.347 e. The molecule has 1 aromatic rings. The minimum atomic E-state index is -0.987. The number of hydrogen-bond donors (Lipinski definition) is 1. The topological polar surface area (TPSA) is 68.7 Å². The minimum absolute atomic E-state index is 0.174. The van der Waals surface area contributed by atoms with Crippen LogP contribution in [0.4, 0.5) is 0 Å². The molecule has 1 heterocycles. The van der Waals surface area contributed by atoms with Gasteiger partial charge in [0.05, 0.1) is 12.8 Å². The number of aromatic nitrogens is 1. The summed E-state index contributed by atoms with van der Waals surface area (Å²) in [5.41, 5.74) is 0. The van der Waals surface area contributed by atoms with E-state index >= 15 is 0 Å². The first-order chi connectivity index (χ1) is 6.24. The molecule has 1 aromatic heterocycles. The van der Waals surface area contributed by atoms with E-state index in [4.69, 9.17) is 14.6 Å². The van der Waals surface area contributed by atoms with Crippen molar-refractivity contribution in [2.24, 2.45) is 0 Å². The number of carboxylic acid groups (broad SMARTS) is 1. The molecular formula is C7H9NO4S. The molecule has 0 aliphatic rings. The van der Waals surface area contributed by atoms with E-state index in [0.717, 1.165) is 11.3 Å². The Bertz CT molecular complexity index is 286. The number of nitrogens with zero attached hydrogens (tertiary/aromatic N) is 1. The monoisotopic (exact) mass is 203 g/mol. The average Bonchev–Trinajstić information content (AvgIpc) is 2.53. The van der Waals surface area contributed by atoms with Gasteiger partial charge in [-0.15, -0.1) is 0 Å². The Kier molecular flexibility index (Phi) is 3.66. The van der Waals surface area contributed by atoms with Crippen molar-refractivity contribution in [1.82, 2.24) is 4.98 Å². The highest BCUT2D eigenvalue weighted by atomic mass is 32.1. The lowest BCUT2D eigenvalue weighted by atomic mass is 10.6. The molecule has 13 heavy (non-hydrogen) atoms. The second-order valence-electron chi connectivity index (χ2n) is 2.14. The Morgan fingerprint density at radius 1 is 1.69 bits per heavy atom. The van der Waals surface area contributed by atoms with Crippen LogP contribution < -0.4 is 4.74 Å². The Morgan fingerprint density at radius 2 is 2.46 bits per heavy atom. The van der Waals surface area contributed by atoms with Gasteiger partial charge in [0.25, 0.3) is 5.19 Å². The highest BCUT2D eigenvalue weighted by molar-refractivity contribution is 7.15. The van der Waals surface area contributed by atoms with Gasteiger partial charge in [-0.05, 0) is 0 Å². The van der Waals surface area contributed by atoms with Crippen LogP contribution in [-0.4, -0.2) is 36.4 Å². The van der Waals surface area contributed by atoms with Gasteiger partial charge in [0.2, 0.25) is 0 Å². The number of carbonyl (C=O) groups is 1. The summed E-state index contributed by atoms with van der Waals surface area (Å²) < 4.78 is 9.85. The summed E-state index contributed by atoms with van der Waals surface area (Å²) in [4.78, 5) is 14.4. The van der Waals surface area contributed by atoms with Crippen LogP contribution in [0.25, 0.3) is 0 Å². The summed E-state index contributed by atoms with van der Waals surface area (Å²) in [5.74, 6) is -0.987. The largest absolute Gasteiger partial charge is 0.477 e. The zero-order valence-electron chi connectivity index (χ0n) is 7.02. The van der Waals surface area contributed by atoms with Crippen molar-refractivity contribution in [3.05, 3.63) is 11.1 Å². The molecular weight excluding hydrogens is 194 g/mol. The van der Waals surface area contributed by atoms with Crippen LogP contribution in [-0.2, 0) is 4.74 Å². The van der Waals surface area contributed by atoms with E-state index in [-0.39, 0.29) is 4.88 Å². The molecule has 0 radical (unpaired) electrons. The third-order valence-corrected chi connectivity index (χ3v) is 2.11. The van der Waals surface area contributed by atoms with Gasteiger partial charge in [-0.1, -0.05) is 11.3 Å². The van der Waals surface area contributed by atoms with Crippen LogP contribution in [0.15, 0.2) is 6.20 Å². The van der Waals surface area contributed by atoms with Crippen molar-refractivity contribution >= 4 is 17.3 Å². The maximum Gasteiger partial charge on any atom is 0.347 e. The summed E-state index contributed by atoms with van der Waals surface area (Å²) in [6, 6.07) is 0. The molecule has 0 spiro atoms. The highest BCUT2D eigenvalue weighted by Gasteiger charge is 2.08. The van der Waals surface area contributed by atoms with E-state index in [9.17, 15) is 4.79 Å². The van der Waals surface area contributed by atoms with E-state index in [2.05, 4.69) is 4.98 Å². The number of carboxylic acids is 1. The van der Waals surface area contributed by atoms with Crippen molar-refractivity contribution in [3.63, 3.8) is 0 Å². The second kappa shape index (κ2) is 4.78. The van der Waals surface area contributed by atoms with Gasteiger partial charge in [0, 0.05) is 7.11 Å². The van der Waals surface area contributed by atoms with Crippen molar-refractivity contribution < 1.29 is 19.4 Å². The van der Waals surface area contributed by atoms with Crippen LogP contribution in [0.5, 0.6) is 5.19 Å².